The van der Waals surface area contributed by atoms with Gasteiger partial charge in [0, 0.05) is 0 Å². The molecule has 1 aromatic rings. The van der Waals surface area contributed by atoms with Gasteiger partial charge in [0.2, 0.25) is 0 Å². The summed E-state index contributed by atoms with van der Waals surface area (Å²) in [5, 5.41) is 1.35. The third-order valence-corrected chi connectivity index (χ3v) is 6.64. The van der Waals surface area contributed by atoms with E-state index in [4.69, 9.17) is 0 Å². The van der Waals surface area contributed by atoms with E-state index in [1.54, 1.807) is 0 Å². The minimum Gasteiger partial charge on any atom is -0.184 e. The zero-order valence-corrected chi connectivity index (χ0v) is 19.1. The number of benzene rings is 1. The molecule has 1 rings (SSSR count). The number of halogens is 1. The second-order valence-electron chi connectivity index (χ2n) is 7.93. The van der Waals surface area contributed by atoms with E-state index in [-0.39, 0.29) is 7.92 Å². The van der Waals surface area contributed by atoms with Crippen LogP contribution >= 0.6 is 21.4 Å². The van der Waals surface area contributed by atoms with Crippen molar-refractivity contribution in [2.24, 2.45) is 0 Å². The van der Waals surface area contributed by atoms with E-state index in [2.05, 4.69) is 99.0 Å². The molecule has 0 aliphatic heterocycles. The molecule has 0 unspecified atom stereocenters. The van der Waals surface area contributed by atoms with Gasteiger partial charge in [0.15, 0.2) is 0 Å². The Bertz CT molecular complexity index is 284. The van der Waals surface area contributed by atoms with E-state index in [9.17, 15) is 0 Å². The van der Waals surface area contributed by atoms with E-state index < -0.39 is 0 Å². The monoisotopic (exact) mass is 464 g/mol. The summed E-state index contributed by atoms with van der Waals surface area (Å²) in [5.41, 5.74) is 0. The Balaban J connectivity index is 0. The zero-order valence-electron chi connectivity index (χ0n) is 15.0. The van der Waals surface area contributed by atoms with Gasteiger partial charge < -0.3 is 0 Å². The van der Waals surface area contributed by atoms with Gasteiger partial charge in [-0.15, -0.1) is 0 Å². The molecule has 3 heteroatoms. The first-order valence-corrected chi connectivity index (χ1v) is 12.1. The summed E-state index contributed by atoms with van der Waals surface area (Å²) in [6.07, 6.45) is 0. The van der Waals surface area contributed by atoms with Gasteiger partial charge in [-0.1, -0.05) is 70.2 Å². The minimum absolute atomic E-state index is 0.0162. The number of hydrogen-bond acceptors (Lipinski definition) is 0. The normalized spacial score (nSPS) is 12.0. The van der Waals surface area contributed by atoms with Gasteiger partial charge in [-0.05, 0) is 15.5 Å². The Morgan fingerprint density at radius 1 is 0.667 bits per heavy atom. The van der Waals surface area contributed by atoms with E-state index >= 15 is 0 Å². The van der Waals surface area contributed by atoms with E-state index in [0.717, 1.165) is 0 Å². The molecular weight excluding hydrogens is 433 g/mol. The molecule has 0 amide bonds. The predicted octanol–water partition coefficient (Wildman–Crippen LogP) is 7.19. The van der Waals surface area contributed by atoms with Crippen LogP contribution < -0.4 is 0 Å². The van der Waals surface area contributed by atoms with Gasteiger partial charge in [0.1, 0.15) is 0 Å². The molecule has 0 aliphatic rings. The van der Waals surface area contributed by atoms with Crippen molar-refractivity contribution < 1.29 is 17.2 Å². The molecule has 0 aliphatic carbocycles. The molecule has 126 valence electrons. The molecule has 0 N–H and O–H groups in total. The molecular formula is C18H32BrPPd. The maximum Gasteiger partial charge on any atom is -0.171 e. The first-order chi connectivity index (χ1) is 9.37. The minimum atomic E-state index is 0.0162. The Morgan fingerprint density at radius 2 is 0.952 bits per heavy atom. The van der Waals surface area contributed by atoms with Gasteiger partial charge >= 0.3 is 30.6 Å². The molecule has 0 spiro atoms. The fourth-order valence-electron chi connectivity index (χ4n) is 3.36. The zero-order chi connectivity index (χ0) is 17.3. The molecule has 0 fully saturated rings. The summed E-state index contributed by atoms with van der Waals surface area (Å²) in [6, 6.07) is 12.5. The van der Waals surface area contributed by atoms with Gasteiger partial charge in [-0.3, -0.25) is 0 Å². The van der Waals surface area contributed by atoms with Gasteiger partial charge in [-0.25, -0.2) is 0 Å². The van der Waals surface area contributed by atoms with Crippen LogP contribution in [-0.4, -0.2) is 15.5 Å². The Labute approximate surface area is 152 Å². The Hall–Kier alpha value is 0.792. The maximum absolute atomic E-state index is 2.89. The van der Waals surface area contributed by atoms with Crippen molar-refractivity contribution in [3.8, 4) is 0 Å². The van der Waals surface area contributed by atoms with Crippen molar-refractivity contribution in [2.75, 3.05) is 0 Å². The Kier molecular flexibility index (Phi) is 12.1. The average Bonchev–Trinajstić information content (AvgIpc) is 2.28. The fraction of sp³-hybridized carbons (Fsp3) is 0.667. The van der Waals surface area contributed by atoms with Crippen LogP contribution in [0.4, 0.5) is 0 Å². The second kappa shape index (κ2) is 10.5. The van der Waals surface area contributed by atoms with E-state index in [1.165, 1.54) is 0 Å². The van der Waals surface area contributed by atoms with Crippen LogP contribution in [0.1, 0.15) is 62.3 Å². The van der Waals surface area contributed by atoms with Crippen molar-refractivity contribution in [2.45, 2.75) is 77.8 Å². The van der Waals surface area contributed by atoms with Gasteiger partial charge in [0.25, 0.3) is 0 Å². The largest absolute Gasteiger partial charge is 0.184 e. The van der Waals surface area contributed by atoms with Crippen LogP contribution in [0.25, 0.3) is 0 Å². The molecule has 0 radical (unpaired) electrons. The molecule has 0 aromatic heterocycles. The van der Waals surface area contributed by atoms with Crippen LogP contribution in [0.3, 0.4) is 0 Å². The van der Waals surface area contributed by atoms with E-state index in [0.29, 0.717) is 15.5 Å². The molecule has 21 heavy (non-hydrogen) atoms. The Morgan fingerprint density at radius 3 is 1.00 bits per heavy atom. The second-order valence-corrected chi connectivity index (χ2v) is 12.6. The van der Waals surface area contributed by atoms with Gasteiger partial charge in [0.05, 0.1) is 0 Å². The average molecular weight is 466 g/mol. The molecule has 0 saturated carbocycles. The standard InChI is InChI=1S/C12H27P.C6H5.BrH.Pd/c1-10(2,3)13(11(4,5)6)12(7,8)9;1-2-4-6-5-3-1;;/h1-9H3;1-5H;1H;/q;-1;;+2/p-1. The van der Waals surface area contributed by atoms with Crippen LogP contribution in [0, 0.1) is 6.07 Å². The predicted molar refractivity (Wildman–Crippen MR) is 100 cm³/mol. The summed E-state index contributed by atoms with van der Waals surface area (Å²) in [5.74, 6) is 0. The summed E-state index contributed by atoms with van der Waals surface area (Å²) in [4.78, 5) is 0. The van der Waals surface area contributed by atoms with Crippen molar-refractivity contribution in [3.05, 3.63) is 36.4 Å². The molecule has 0 bridgehead atoms. The quantitative estimate of drug-likeness (QED) is 0.216. The molecule has 0 heterocycles. The maximum atomic E-state index is 2.89. The molecule has 1 aromatic carbocycles. The summed E-state index contributed by atoms with van der Waals surface area (Å²) >= 11 is 5.35. The third kappa shape index (κ3) is 11.9. The van der Waals surface area contributed by atoms with Crippen molar-refractivity contribution >= 4 is 21.4 Å². The topological polar surface area (TPSA) is 0 Å². The van der Waals surface area contributed by atoms with E-state index in [1.807, 2.05) is 30.3 Å². The van der Waals surface area contributed by atoms with Gasteiger partial charge in [-0.2, -0.15) is 36.4 Å². The molecule has 0 nitrogen and oxygen atoms in total. The van der Waals surface area contributed by atoms with Crippen LogP contribution in [0.5, 0.6) is 0 Å². The number of hydrogen-bond donors (Lipinski definition) is 0. The first kappa shape index (κ1) is 24.1. The summed E-state index contributed by atoms with van der Waals surface area (Å²) in [6.45, 7) is 21.5. The molecule has 0 saturated heterocycles. The van der Waals surface area contributed by atoms with Crippen molar-refractivity contribution in [3.63, 3.8) is 0 Å². The first-order valence-electron chi connectivity index (χ1n) is 7.20. The van der Waals surface area contributed by atoms with Crippen LogP contribution in [0.15, 0.2) is 30.3 Å². The van der Waals surface area contributed by atoms with Crippen LogP contribution in [0.2, 0.25) is 0 Å². The van der Waals surface area contributed by atoms with Crippen molar-refractivity contribution in [1.82, 2.24) is 0 Å². The smallest absolute Gasteiger partial charge is 0.171 e. The number of rotatable bonds is 0. The fourth-order valence-corrected chi connectivity index (χ4v) is 9.40. The third-order valence-electron chi connectivity index (χ3n) is 2.62. The van der Waals surface area contributed by atoms with Crippen molar-refractivity contribution in [1.29, 1.82) is 0 Å². The summed E-state index contributed by atoms with van der Waals surface area (Å²) < 4.78 is 0. The summed E-state index contributed by atoms with van der Waals surface area (Å²) in [7, 11) is 0.0162. The molecule has 0 atom stereocenters. The van der Waals surface area contributed by atoms with Crippen LogP contribution in [-0.2, 0) is 17.2 Å². The SMILES string of the molecule is CC(C)(C)P(C(C)(C)C)C(C)(C)C.[Br][Pd+].[c-]1ccccc1.